The molecule has 1 aliphatic heterocycles. The van der Waals surface area contributed by atoms with E-state index < -0.39 is 6.04 Å². The molecule has 1 saturated carbocycles. The molecule has 2 heterocycles. The lowest BCUT2D eigenvalue weighted by atomic mass is 9.81. The molecule has 0 bridgehead atoms. The number of carbonyl (C=O) groups is 3. The normalized spacial score (nSPS) is 21.5. The van der Waals surface area contributed by atoms with E-state index in [1.165, 1.54) is 6.20 Å². The summed E-state index contributed by atoms with van der Waals surface area (Å²) < 4.78 is 5.29. The number of methoxy groups -OCH3 is 1. The van der Waals surface area contributed by atoms with Gasteiger partial charge in [-0.2, -0.15) is 0 Å². The van der Waals surface area contributed by atoms with Crippen molar-refractivity contribution < 1.29 is 19.1 Å². The van der Waals surface area contributed by atoms with E-state index >= 15 is 0 Å². The highest BCUT2D eigenvalue weighted by Gasteiger charge is 2.43. The molecular weight excluding hydrogens is 554 g/mol. The number of nitrogens with zero attached hydrogens (tertiary/aromatic N) is 3. The molecule has 3 N–H and O–H groups in total. The van der Waals surface area contributed by atoms with Crippen molar-refractivity contribution in [3.63, 3.8) is 0 Å². The van der Waals surface area contributed by atoms with Gasteiger partial charge in [0, 0.05) is 37.6 Å². The Hall–Kier alpha value is -4.24. The second kappa shape index (κ2) is 15.0. The van der Waals surface area contributed by atoms with Gasteiger partial charge in [-0.3, -0.25) is 19.4 Å². The van der Waals surface area contributed by atoms with Gasteiger partial charge in [-0.25, -0.2) is 0 Å². The third kappa shape index (κ3) is 7.63. The molecule has 1 aliphatic carbocycles. The maximum Gasteiger partial charge on any atom is 0.256 e. The van der Waals surface area contributed by atoms with Gasteiger partial charge in [0.15, 0.2) is 0 Å². The summed E-state index contributed by atoms with van der Waals surface area (Å²) in [5.41, 5.74) is 8.00. The number of likely N-dealkylation sites (tertiary alicyclic amines) is 1. The van der Waals surface area contributed by atoms with Crippen molar-refractivity contribution in [1.82, 2.24) is 20.1 Å². The lowest BCUT2D eigenvalue weighted by molar-refractivity contribution is -0.125. The number of nitrogens with two attached hydrogens (primary N) is 1. The van der Waals surface area contributed by atoms with E-state index in [-0.39, 0.29) is 30.3 Å². The number of benzene rings is 2. The first-order chi connectivity index (χ1) is 21.5. The minimum atomic E-state index is -0.704. The van der Waals surface area contributed by atoms with Crippen LogP contribution in [0.3, 0.4) is 0 Å². The van der Waals surface area contributed by atoms with Crippen LogP contribution in [0.2, 0.25) is 0 Å². The average Bonchev–Trinajstić information content (AvgIpc) is 3.53. The predicted molar refractivity (Wildman–Crippen MR) is 169 cm³/mol. The largest absolute Gasteiger partial charge is 0.497 e. The second-order valence-corrected chi connectivity index (χ2v) is 11.9. The lowest BCUT2D eigenvalue weighted by Crippen LogP contribution is -2.47. The summed E-state index contributed by atoms with van der Waals surface area (Å²) in [6.45, 7) is 1.93. The van der Waals surface area contributed by atoms with E-state index in [2.05, 4.69) is 10.3 Å². The Morgan fingerprint density at radius 1 is 0.977 bits per heavy atom. The molecule has 1 saturated heterocycles. The molecule has 0 radical (unpaired) electrons. The maximum atomic E-state index is 14.0. The van der Waals surface area contributed by atoms with Crippen molar-refractivity contribution in [2.75, 3.05) is 33.3 Å². The number of rotatable bonds is 11. The average molecular weight is 598 g/mol. The molecule has 9 nitrogen and oxygen atoms in total. The Morgan fingerprint density at radius 2 is 1.75 bits per heavy atom. The van der Waals surface area contributed by atoms with Crippen molar-refractivity contribution in [2.24, 2.45) is 17.6 Å². The smallest absolute Gasteiger partial charge is 0.256 e. The van der Waals surface area contributed by atoms with Crippen LogP contribution in [0.1, 0.15) is 58.4 Å². The maximum absolute atomic E-state index is 14.0. The van der Waals surface area contributed by atoms with Crippen LogP contribution in [-0.4, -0.2) is 77.9 Å². The first-order valence-corrected chi connectivity index (χ1v) is 15.6. The van der Waals surface area contributed by atoms with Gasteiger partial charge in [0.2, 0.25) is 5.91 Å². The van der Waals surface area contributed by atoms with Gasteiger partial charge in [0.05, 0.1) is 18.7 Å². The van der Waals surface area contributed by atoms with E-state index in [1.54, 1.807) is 54.6 Å². The van der Waals surface area contributed by atoms with E-state index in [1.807, 2.05) is 35.2 Å². The van der Waals surface area contributed by atoms with E-state index in [0.29, 0.717) is 61.2 Å². The minimum absolute atomic E-state index is 0.140. The highest BCUT2D eigenvalue weighted by atomic mass is 16.5. The number of amides is 3. The number of carbonyl (C=O) groups excluding carboxylic acids is 3. The Balaban J connectivity index is 1.38. The Labute approximate surface area is 259 Å². The molecule has 5 rings (SSSR count). The second-order valence-electron chi connectivity index (χ2n) is 11.9. The van der Waals surface area contributed by atoms with Crippen LogP contribution in [0.5, 0.6) is 5.75 Å². The summed E-state index contributed by atoms with van der Waals surface area (Å²) in [5.74, 6) is 0.950. The van der Waals surface area contributed by atoms with Crippen LogP contribution in [0.4, 0.5) is 0 Å². The Morgan fingerprint density at radius 3 is 2.45 bits per heavy atom. The van der Waals surface area contributed by atoms with Crippen molar-refractivity contribution in [3.05, 3.63) is 95.8 Å². The Bertz CT molecular complexity index is 1390. The van der Waals surface area contributed by atoms with Gasteiger partial charge < -0.3 is 25.6 Å². The number of nitrogens with one attached hydrogen (secondary N) is 1. The summed E-state index contributed by atoms with van der Waals surface area (Å²) in [6.07, 6.45) is 8.46. The zero-order chi connectivity index (χ0) is 30.9. The van der Waals surface area contributed by atoms with Crippen molar-refractivity contribution in [3.8, 4) is 5.75 Å². The predicted octanol–water partition coefficient (Wildman–Crippen LogP) is 3.94. The zero-order valence-corrected chi connectivity index (χ0v) is 25.4. The van der Waals surface area contributed by atoms with Crippen molar-refractivity contribution >= 4 is 17.7 Å². The van der Waals surface area contributed by atoms with Crippen molar-refractivity contribution in [1.29, 1.82) is 0 Å². The lowest BCUT2D eigenvalue weighted by Gasteiger charge is -2.29. The third-order valence-electron chi connectivity index (χ3n) is 9.06. The number of pyridine rings is 1. The fourth-order valence-corrected chi connectivity index (χ4v) is 6.58. The molecular formula is C35H43N5O4. The standard InChI is InChI=1S/C35H43N5O4/c1-44-31-14-12-28(13-15-31)34(42)39(18-16-25-7-3-2-4-8-25)30-20-32(40(24-30)35(43)29-11-6-17-37-23-29)33(41)38-22-27-10-5-9-26(19-27)21-36/h2-4,6-8,11-15,17,23,26-27,30,32H,5,9-10,16,18-22,24,36H2,1H3,(H,38,41). The highest BCUT2D eigenvalue weighted by Crippen LogP contribution is 2.29. The van der Waals surface area contributed by atoms with Crippen LogP contribution in [0.25, 0.3) is 0 Å². The molecule has 4 unspecified atom stereocenters. The van der Waals surface area contributed by atoms with Gasteiger partial charge in [-0.1, -0.05) is 36.8 Å². The van der Waals surface area contributed by atoms with Crippen LogP contribution < -0.4 is 15.8 Å². The van der Waals surface area contributed by atoms with Gasteiger partial charge in [0.25, 0.3) is 11.8 Å². The van der Waals surface area contributed by atoms with Crippen LogP contribution in [-0.2, 0) is 11.2 Å². The van der Waals surface area contributed by atoms with E-state index in [0.717, 1.165) is 31.2 Å². The molecule has 1 aromatic heterocycles. The summed E-state index contributed by atoms with van der Waals surface area (Å²) in [7, 11) is 1.59. The van der Waals surface area contributed by atoms with Crippen LogP contribution >= 0.6 is 0 Å². The number of aromatic nitrogens is 1. The SMILES string of the molecule is COc1ccc(C(=O)N(CCc2ccccc2)C2CC(C(=O)NCC3CCCC(CN)C3)N(C(=O)c3cccnc3)C2)cc1. The highest BCUT2D eigenvalue weighted by molar-refractivity contribution is 5.98. The summed E-state index contributed by atoms with van der Waals surface area (Å²) in [6, 6.07) is 19.4. The molecule has 2 aromatic carbocycles. The molecule has 3 aromatic rings. The molecule has 44 heavy (non-hydrogen) atoms. The fraction of sp³-hybridized carbons (Fsp3) is 0.429. The Kier molecular flexibility index (Phi) is 10.6. The summed E-state index contributed by atoms with van der Waals surface area (Å²) in [4.78, 5) is 49.2. The van der Waals surface area contributed by atoms with Crippen LogP contribution in [0, 0.1) is 11.8 Å². The molecule has 2 aliphatic rings. The zero-order valence-electron chi connectivity index (χ0n) is 25.4. The third-order valence-corrected chi connectivity index (χ3v) is 9.06. The molecule has 4 atom stereocenters. The quantitative estimate of drug-likeness (QED) is 0.346. The van der Waals surface area contributed by atoms with Gasteiger partial charge in [-0.15, -0.1) is 0 Å². The van der Waals surface area contributed by atoms with E-state index in [4.69, 9.17) is 10.5 Å². The fourth-order valence-electron chi connectivity index (χ4n) is 6.58. The van der Waals surface area contributed by atoms with Gasteiger partial charge in [-0.05, 0) is 92.4 Å². The monoisotopic (exact) mass is 597 g/mol. The minimum Gasteiger partial charge on any atom is -0.497 e. The van der Waals surface area contributed by atoms with E-state index in [9.17, 15) is 14.4 Å². The van der Waals surface area contributed by atoms with Crippen LogP contribution in [0.15, 0.2) is 79.1 Å². The van der Waals surface area contributed by atoms with Gasteiger partial charge in [0.1, 0.15) is 11.8 Å². The molecule has 0 spiro atoms. The number of hydrogen-bond donors (Lipinski definition) is 2. The first kappa shape index (κ1) is 31.2. The first-order valence-electron chi connectivity index (χ1n) is 15.6. The van der Waals surface area contributed by atoms with Gasteiger partial charge >= 0.3 is 0 Å². The molecule has 232 valence electrons. The molecule has 9 heteroatoms. The topological polar surface area (TPSA) is 118 Å². The summed E-state index contributed by atoms with van der Waals surface area (Å²) >= 11 is 0. The molecule has 3 amide bonds. The number of hydrogen-bond acceptors (Lipinski definition) is 6. The number of ether oxygens (including phenoxy) is 1. The summed E-state index contributed by atoms with van der Waals surface area (Å²) in [5, 5.41) is 3.16. The molecule has 2 fully saturated rings. The van der Waals surface area contributed by atoms with Crippen molar-refractivity contribution in [2.45, 2.75) is 50.6 Å².